The third kappa shape index (κ3) is 4.50. The van der Waals surface area contributed by atoms with E-state index in [0.29, 0.717) is 5.76 Å². The second-order valence-corrected chi connectivity index (χ2v) is 2.13. The quantitative estimate of drug-likeness (QED) is 0.278. The van der Waals surface area contributed by atoms with Crippen LogP contribution in [0.3, 0.4) is 0 Å². The van der Waals surface area contributed by atoms with Crippen LogP contribution >= 0.6 is 0 Å². The second-order valence-electron chi connectivity index (χ2n) is 2.13. The fourth-order valence-electron chi connectivity index (χ4n) is 0.581. The van der Waals surface area contributed by atoms with Gasteiger partial charge in [0.05, 0.1) is 0 Å². The first-order valence-electron chi connectivity index (χ1n) is 3.91. The molecule has 0 aromatic rings. The average molecular weight is 166 g/mol. The highest BCUT2D eigenvalue weighted by Crippen LogP contribution is 2.00. The summed E-state index contributed by atoms with van der Waals surface area (Å²) in [5, 5.41) is 0. The van der Waals surface area contributed by atoms with E-state index < -0.39 is 5.97 Å². The van der Waals surface area contributed by atoms with E-state index in [2.05, 4.69) is 6.58 Å². The van der Waals surface area contributed by atoms with Crippen LogP contribution < -0.4 is 0 Å². The van der Waals surface area contributed by atoms with Crippen molar-refractivity contribution in [1.82, 2.24) is 0 Å². The van der Waals surface area contributed by atoms with Crippen molar-refractivity contribution < 1.29 is 9.53 Å². The van der Waals surface area contributed by atoms with Gasteiger partial charge in [0.1, 0.15) is 5.76 Å². The van der Waals surface area contributed by atoms with E-state index in [1.807, 2.05) is 19.9 Å². The highest BCUT2D eigenvalue weighted by molar-refractivity contribution is 5.82. The molecule has 66 valence electrons. The van der Waals surface area contributed by atoms with Crippen molar-refractivity contribution in [2.24, 2.45) is 0 Å². The lowest BCUT2D eigenvalue weighted by atomic mass is 10.3. The van der Waals surface area contributed by atoms with E-state index in [4.69, 9.17) is 4.74 Å². The molecule has 0 aliphatic carbocycles. The molecule has 0 heterocycles. The van der Waals surface area contributed by atoms with Crippen LogP contribution in [0.1, 0.15) is 20.3 Å². The molecule has 0 bridgehead atoms. The number of rotatable bonds is 4. The Morgan fingerprint density at radius 1 is 1.58 bits per heavy atom. The zero-order valence-corrected chi connectivity index (χ0v) is 7.54. The molecule has 0 aliphatic heterocycles. The third-order valence-corrected chi connectivity index (χ3v) is 1.19. The number of carbonyl (C=O) groups is 1. The molecule has 0 radical (unpaired) electrons. The van der Waals surface area contributed by atoms with Crippen LogP contribution in [0.4, 0.5) is 0 Å². The summed E-state index contributed by atoms with van der Waals surface area (Å²) in [5.74, 6) is 0.130. The predicted octanol–water partition coefficient (Wildman–Crippen LogP) is 2.59. The van der Waals surface area contributed by atoms with Crippen LogP contribution in [0.25, 0.3) is 0 Å². The lowest BCUT2D eigenvalue weighted by Crippen LogP contribution is -1.97. The maximum Gasteiger partial charge on any atom is 0.335 e. The van der Waals surface area contributed by atoms with Gasteiger partial charge in [-0.05, 0) is 25.5 Å². The van der Waals surface area contributed by atoms with Gasteiger partial charge < -0.3 is 4.74 Å². The Labute approximate surface area is 73.2 Å². The van der Waals surface area contributed by atoms with Crippen LogP contribution in [-0.4, -0.2) is 5.97 Å². The highest BCUT2D eigenvalue weighted by Gasteiger charge is 1.96. The molecule has 0 N–H and O–H groups in total. The standard InChI is InChI=1S/C10H14O2/c1-4-7-8-9(5-2)12-10(11)6-3/h5-8H,3-4H2,1-2H3. The number of hydrogen-bond acceptors (Lipinski definition) is 2. The largest absolute Gasteiger partial charge is 0.424 e. The number of allylic oxidation sites excluding steroid dienone is 3. The summed E-state index contributed by atoms with van der Waals surface area (Å²) < 4.78 is 4.87. The number of carbonyl (C=O) groups excluding carboxylic acids is 1. The minimum atomic E-state index is -0.427. The van der Waals surface area contributed by atoms with Crippen molar-refractivity contribution in [2.75, 3.05) is 0 Å². The van der Waals surface area contributed by atoms with Crippen molar-refractivity contribution >= 4 is 5.97 Å². The van der Waals surface area contributed by atoms with E-state index in [0.717, 1.165) is 12.5 Å². The topological polar surface area (TPSA) is 26.3 Å². The maximum absolute atomic E-state index is 10.7. The van der Waals surface area contributed by atoms with Crippen molar-refractivity contribution in [3.8, 4) is 0 Å². The van der Waals surface area contributed by atoms with Crippen LogP contribution in [0.15, 0.2) is 36.6 Å². The van der Waals surface area contributed by atoms with Gasteiger partial charge in [0.2, 0.25) is 0 Å². The van der Waals surface area contributed by atoms with Gasteiger partial charge in [-0.3, -0.25) is 0 Å². The van der Waals surface area contributed by atoms with Gasteiger partial charge in [0.25, 0.3) is 0 Å². The molecule has 0 atom stereocenters. The molecule has 0 aliphatic rings. The molecule has 0 unspecified atom stereocenters. The zero-order valence-electron chi connectivity index (χ0n) is 7.54. The van der Waals surface area contributed by atoms with Gasteiger partial charge in [-0.25, -0.2) is 4.79 Å². The first kappa shape index (κ1) is 10.7. The molecule has 0 fully saturated rings. The molecule has 0 spiro atoms. The van der Waals surface area contributed by atoms with Crippen molar-refractivity contribution in [3.05, 3.63) is 36.6 Å². The van der Waals surface area contributed by atoms with Crippen LogP contribution in [0, 0.1) is 0 Å². The van der Waals surface area contributed by atoms with Gasteiger partial charge in [0.15, 0.2) is 0 Å². The van der Waals surface area contributed by atoms with Gasteiger partial charge in [0, 0.05) is 6.08 Å². The van der Waals surface area contributed by atoms with Crippen molar-refractivity contribution in [3.63, 3.8) is 0 Å². The van der Waals surface area contributed by atoms with Gasteiger partial charge in [-0.15, -0.1) is 0 Å². The van der Waals surface area contributed by atoms with Gasteiger partial charge in [-0.1, -0.05) is 19.6 Å². The van der Waals surface area contributed by atoms with Crippen molar-refractivity contribution in [2.45, 2.75) is 20.3 Å². The minimum absolute atomic E-state index is 0.427. The summed E-state index contributed by atoms with van der Waals surface area (Å²) >= 11 is 0. The predicted molar refractivity (Wildman–Crippen MR) is 49.5 cm³/mol. The summed E-state index contributed by atoms with van der Waals surface area (Å²) in [6.07, 6.45) is 7.48. The molecule has 0 saturated heterocycles. The second kappa shape index (κ2) is 6.40. The van der Waals surface area contributed by atoms with E-state index in [1.165, 1.54) is 0 Å². The first-order chi connectivity index (χ1) is 5.74. The van der Waals surface area contributed by atoms with E-state index >= 15 is 0 Å². The first-order valence-corrected chi connectivity index (χ1v) is 3.91. The molecular weight excluding hydrogens is 152 g/mol. The molecule has 0 saturated carbocycles. The fraction of sp³-hybridized carbons (Fsp3) is 0.300. The average Bonchev–Trinajstić information content (AvgIpc) is 2.11. The Kier molecular flexibility index (Phi) is 5.70. The summed E-state index contributed by atoms with van der Waals surface area (Å²) in [4.78, 5) is 10.7. The van der Waals surface area contributed by atoms with Gasteiger partial charge in [-0.2, -0.15) is 0 Å². The summed E-state index contributed by atoms with van der Waals surface area (Å²) in [5.41, 5.74) is 0. The van der Waals surface area contributed by atoms with Crippen molar-refractivity contribution in [1.29, 1.82) is 0 Å². The molecule has 2 nitrogen and oxygen atoms in total. The van der Waals surface area contributed by atoms with Crippen LogP contribution in [0.2, 0.25) is 0 Å². The SMILES string of the molecule is C=CC(=O)OC(C=CCC)=CC. The van der Waals surface area contributed by atoms with Crippen LogP contribution in [0.5, 0.6) is 0 Å². The smallest absolute Gasteiger partial charge is 0.335 e. The normalized spacial score (nSPS) is 11.7. The molecule has 12 heavy (non-hydrogen) atoms. The molecular formula is C10H14O2. The lowest BCUT2D eigenvalue weighted by molar-refractivity contribution is -0.133. The van der Waals surface area contributed by atoms with E-state index in [1.54, 1.807) is 12.2 Å². The number of hydrogen-bond donors (Lipinski definition) is 0. The molecule has 0 rings (SSSR count). The molecule has 0 aromatic heterocycles. The highest BCUT2D eigenvalue weighted by atomic mass is 16.5. The third-order valence-electron chi connectivity index (χ3n) is 1.19. The molecule has 0 aromatic carbocycles. The fourth-order valence-corrected chi connectivity index (χ4v) is 0.581. The van der Waals surface area contributed by atoms with Gasteiger partial charge >= 0.3 is 5.97 Å². The Hall–Kier alpha value is -1.31. The lowest BCUT2D eigenvalue weighted by Gasteiger charge is -1.99. The van der Waals surface area contributed by atoms with Crippen LogP contribution in [-0.2, 0) is 9.53 Å². The molecule has 0 amide bonds. The molecule has 2 heteroatoms. The summed E-state index contributed by atoms with van der Waals surface area (Å²) in [6, 6.07) is 0. The Balaban J connectivity index is 4.10. The monoisotopic (exact) mass is 166 g/mol. The number of esters is 1. The van der Waals surface area contributed by atoms with E-state index in [9.17, 15) is 4.79 Å². The summed E-state index contributed by atoms with van der Waals surface area (Å²) in [7, 11) is 0. The summed E-state index contributed by atoms with van der Waals surface area (Å²) in [6.45, 7) is 7.13. The zero-order chi connectivity index (χ0) is 9.40. The minimum Gasteiger partial charge on any atom is -0.424 e. The Bertz CT molecular complexity index is 212. The Morgan fingerprint density at radius 2 is 2.25 bits per heavy atom. The maximum atomic E-state index is 10.7. The number of ether oxygens (including phenoxy) is 1. The van der Waals surface area contributed by atoms with E-state index in [-0.39, 0.29) is 0 Å². The Morgan fingerprint density at radius 3 is 2.67 bits per heavy atom.